The molecule has 0 saturated carbocycles. The molecule has 22 heavy (non-hydrogen) atoms. The van der Waals surface area contributed by atoms with Gasteiger partial charge in [-0.15, -0.1) is 0 Å². The van der Waals surface area contributed by atoms with Gasteiger partial charge < -0.3 is 20.4 Å². The number of pyridine rings is 1. The molecule has 0 spiro atoms. The number of aliphatic hydroxyl groups excluding tert-OH is 1. The molecule has 0 amide bonds. The summed E-state index contributed by atoms with van der Waals surface area (Å²) in [6.07, 6.45) is 1.42. The Morgan fingerprint density at radius 2 is 1.82 bits per heavy atom. The molecule has 0 aliphatic rings. The van der Waals surface area contributed by atoms with Crippen molar-refractivity contribution in [3.05, 3.63) is 23.0 Å². The van der Waals surface area contributed by atoms with Gasteiger partial charge >= 0.3 is 11.9 Å². The number of hydrogen-bond acceptors (Lipinski definition) is 5. The van der Waals surface area contributed by atoms with Crippen molar-refractivity contribution < 1.29 is 30.0 Å². The van der Waals surface area contributed by atoms with Gasteiger partial charge in [0, 0.05) is 17.7 Å². The Morgan fingerprint density at radius 3 is 2.18 bits per heavy atom. The summed E-state index contributed by atoms with van der Waals surface area (Å²) in [6.45, 7) is 4.17. The Balaban J connectivity index is 3.65. The number of carbonyl (C=O) groups is 2. The topological polar surface area (TPSA) is 128 Å². The third-order valence-corrected chi connectivity index (χ3v) is 4.23. The first-order valence-electron chi connectivity index (χ1n) is 7.02. The van der Waals surface area contributed by atoms with Crippen molar-refractivity contribution >= 4 is 11.9 Å². The first-order chi connectivity index (χ1) is 10.3. The van der Waals surface area contributed by atoms with Gasteiger partial charge in [0.2, 0.25) is 0 Å². The van der Waals surface area contributed by atoms with E-state index in [-0.39, 0.29) is 35.4 Å². The maximum absolute atomic E-state index is 11.7. The van der Waals surface area contributed by atoms with Crippen LogP contribution in [0.5, 0.6) is 5.75 Å². The van der Waals surface area contributed by atoms with Gasteiger partial charge in [-0.3, -0.25) is 14.6 Å². The largest absolute Gasteiger partial charge is 0.506 e. The van der Waals surface area contributed by atoms with Gasteiger partial charge in [-0.05, 0) is 25.3 Å². The molecule has 0 aromatic carbocycles. The van der Waals surface area contributed by atoms with Gasteiger partial charge in [0.15, 0.2) is 5.41 Å². The standard InChI is InChI=1S/C15H21NO6/c1-4-11(15(5-2,13(19)20)14(21)22)9-6-16-8(3)12(18)10(9)7-17/h6,11,17-18H,4-5,7H2,1-3H3,(H,19,20)(H,21,22). The average Bonchev–Trinajstić information content (AvgIpc) is 2.47. The smallest absolute Gasteiger partial charge is 0.321 e. The van der Waals surface area contributed by atoms with E-state index in [0.29, 0.717) is 0 Å². The van der Waals surface area contributed by atoms with Crippen LogP contribution in [0.4, 0.5) is 0 Å². The van der Waals surface area contributed by atoms with E-state index in [0.717, 1.165) is 0 Å². The summed E-state index contributed by atoms with van der Waals surface area (Å²) in [4.78, 5) is 27.4. The van der Waals surface area contributed by atoms with E-state index in [2.05, 4.69) is 4.98 Å². The normalized spacial score (nSPS) is 12.9. The number of carboxylic acids is 2. The minimum atomic E-state index is -2.04. The van der Waals surface area contributed by atoms with Crippen LogP contribution in [0.2, 0.25) is 0 Å². The third-order valence-electron chi connectivity index (χ3n) is 4.23. The van der Waals surface area contributed by atoms with Crippen LogP contribution in [-0.4, -0.2) is 37.3 Å². The molecule has 4 N–H and O–H groups in total. The van der Waals surface area contributed by atoms with E-state index in [4.69, 9.17) is 0 Å². The van der Waals surface area contributed by atoms with Crippen LogP contribution in [0.15, 0.2) is 6.20 Å². The molecule has 1 heterocycles. The van der Waals surface area contributed by atoms with Crippen LogP contribution in [-0.2, 0) is 16.2 Å². The summed E-state index contributed by atoms with van der Waals surface area (Å²) in [7, 11) is 0. The van der Waals surface area contributed by atoms with Crippen molar-refractivity contribution in [2.45, 2.75) is 46.1 Å². The maximum Gasteiger partial charge on any atom is 0.321 e. The zero-order chi connectivity index (χ0) is 17.1. The van der Waals surface area contributed by atoms with Gasteiger partial charge in [0.25, 0.3) is 0 Å². The Kier molecular flexibility index (Phi) is 5.48. The van der Waals surface area contributed by atoms with Crippen molar-refractivity contribution in [3.8, 4) is 5.75 Å². The van der Waals surface area contributed by atoms with Gasteiger partial charge in [-0.25, -0.2) is 0 Å². The molecule has 0 bridgehead atoms. The molecule has 1 atom stereocenters. The third kappa shape index (κ3) is 2.64. The lowest BCUT2D eigenvalue weighted by Crippen LogP contribution is -2.44. The van der Waals surface area contributed by atoms with Crippen molar-refractivity contribution in [3.63, 3.8) is 0 Å². The van der Waals surface area contributed by atoms with Gasteiger partial charge in [0.1, 0.15) is 5.75 Å². The fourth-order valence-electron chi connectivity index (χ4n) is 2.90. The van der Waals surface area contributed by atoms with Crippen LogP contribution in [0, 0.1) is 12.3 Å². The van der Waals surface area contributed by atoms with E-state index in [1.165, 1.54) is 13.1 Å². The Bertz CT molecular complexity index is 570. The van der Waals surface area contributed by atoms with Gasteiger partial charge in [-0.2, -0.15) is 0 Å². The van der Waals surface area contributed by atoms with Crippen LogP contribution < -0.4 is 0 Å². The molecule has 0 fully saturated rings. The monoisotopic (exact) mass is 311 g/mol. The van der Waals surface area contributed by atoms with Crippen LogP contribution >= 0.6 is 0 Å². The summed E-state index contributed by atoms with van der Waals surface area (Å²) in [6, 6.07) is 0. The van der Waals surface area contributed by atoms with E-state index >= 15 is 0 Å². The van der Waals surface area contributed by atoms with Crippen molar-refractivity contribution in [1.29, 1.82) is 0 Å². The highest BCUT2D eigenvalue weighted by Gasteiger charge is 2.52. The van der Waals surface area contributed by atoms with Gasteiger partial charge in [-0.1, -0.05) is 13.8 Å². The molecule has 122 valence electrons. The number of aromatic hydroxyl groups is 1. The first kappa shape index (κ1) is 17.9. The fraction of sp³-hybridized carbons (Fsp3) is 0.533. The highest BCUT2D eigenvalue weighted by molar-refractivity contribution is 5.99. The summed E-state index contributed by atoms with van der Waals surface area (Å²) < 4.78 is 0. The van der Waals surface area contributed by atoms with Crippen LogP contribution in [0.25, 0.3) is 0 Å². The van der Waals surface area contributed by atoms with E-state index in [1.807, 2.05) is 0 Å². The second kappa shape index (κ2) is 6.74. The highest BCUT2D eigenvalue weighted by atomic mass is 16.4. The minimum Gasteiger partial charge on any atom is -0.506 e. The maximum atomic E-state index is 11.7. The van der Waals surface area contributed by atoms with Gasteiger partial charge in [0.05, 0.1) is 12.3 Å². The zero-order valence-electron chi connectivity index (χ0n) is 12.8. The second-order valence-electron chi connectivity index (χ2n) is 5.18. The number of rotatable bonds is 7. The number of carboxylic acid groups (broad SMARTS) is 2. The van der Waals surface area contributed by atoms with E-state index < -0.39 is 29.9 Å². The summed E-state index contributed by atoms with van der Waals surface area (Å²) in [5, 5.41) is 38.6. The molecular formula is C15H21NO6. The average molecular weight is 311 g/mol. The first-order valence-corrected chi connectivity index (χ1v) is 7.02. The van der Waals surface area contributed by atoms with Crippen molar-refractivity contribution in [2.75, 3.05) is 0 Å². The molecule has 0 aliphatic heterocycles. The highest BCUT2D eigenvalue weighted by Crippen LogP contribution is 2.44. The zero-order valence-corrected chi connectivity index (χ0v) is 12.8. The molecule has 0 radical (unpaired) electrons. The summed E-state index contributed by atoms with van der Waals surface area (Å²) in [5.74, 6) is -4.05. The van der Waals surface area contributed by atoms with Crippen LogP contribution in [0.1, 0.15) is 49.4 Å². The molecule has 0 saturated heterocycles. The lowest BCUT2D eigenvalue weighted by Gasteiger charge is -2.33. The van der Waals surface area contributed by atoms with E-state index in [9.17, 15) is 30.0 Å². The lowest BCUT2D eigenvalue weighted by atomic mass is 9.68. The molecule has 7 nitrogen and oxygen atoms in total. The SMILES string of the molecule is CCC(c1cnc(C)c(O)c1CO)C(CC)(C(=O)O)C(=O)O. The minimum absolute atomic E-state index is 0.125. The van der Waals surface area contributed by atoms with E-state index in [1.54, 1.807) is 13.8 Å². The van der Waals surface area contributed by atoms with Crippen molar-refractivity contribution in [1.82, 2.24) is 4.98 Å². The number of aryl methyl sites for hydroxylation is 1. The number of aromatic nitrogens is 1. The molecule has 0 aliphatic carbocycles. The number of nitrogens with zero attached hydrogens (tertiary/aromatic N) is 1. The summed E-state index contributed by atoms with van der Waals surface area (Å²) >= 11 is 0. The van der Waals surface area contributed by atoms with Crippen molar-refractivity contribution in [2.24, 2.45) is 5.41 Å². The second-order valence-corrected chi connectivity index (χ2v) is 5.18. The molecular weight excluding hydrogens is 290 g/mol. The molecule has 7 heteroatoms. The Morgan fingerprint density at radius 1 is 1.27 bits per heavy atom. The van der Waals surface area contributed by atoms with Crippen LogP contribution in [0.3, 0.4) is 0 Å². The number of hydrogen-bond donors (Lipinski definition) is 4. The Hall–Kier alpha value is -2.15. The molecule has 1 aromatic rings. The number of aliphatic hydroxyl groups is 1. The Labute approximate surface area is 128 Å². The fourth-order valence-corrected chi connectivity index (χ4v) is 2.90. The predicted molar refractivity (Wildman–Crippen MR) is 77.6 cm³/mol. The molecule has 1 unspecified atom stereocenters. The molecule has 1 rings (SSSR count). The quantitative estimate of drug-likeness (QED) is 0.563. The summed E-state index contributed by atoms with van der Waals surface area (Å²) in [5.41, 5.74) is -1.38. The predicted octanol–water partition coefficient (Wildman–Crippen LogP) is 1.65. The number of aliphatic carboxylic acids is 2. The molecule has 1 aromatic heterocycles. The lowest BCUT2D eigenvalue weighted by molar-refractivity contribution is -0.167.